The molecule has 0 heterocycles. The first-order valence-electron chi connectivity index (χ1n) is 13.1. The first kappa shape index (κ1) is 30.8. The second kappa shape index (κ2) is 24.4. The predicted octanol–water partition coefficient (Wildman–Crippen LogP) is 7.32. The van der Waals surface area contributed by atoms with Gasteiger partial charge in [-0.05, 0) is 45.4 Å². The molecular formula is C27H50O5. The van der Waals surface area contributed by atoms with Gasteiger partial charge in [0.2, 0.25) is 0 Å². The molecule has 0 spiro atoms. The zero-order valence-electron chi connectivity index (χ0n) is 21.2. The van der Waals surface area contributed by atoms with Crippen LogP contribution in [-0.2, 0) is 23.8 Å². The number of ether oxygens (including phenoxy) is 3. The van der Waals surface area contributed by atoms with Crippen LogP contribution >= 0.6 is 0 Å². The molecule has 0 aliphatic heterocycles. The molecule has 0 aromatic rings. The van der Waals surface area contributed by atoms with E-state index >= 15 is 0 Å². The molecule has 0 aliphatic rings. The van der Waals surface area contributed by atoms with Crippen molar-refractivity contribution in [2.45, 2.75) is 130 Å². The highest BCUT2D eigenvalue weighted by molar-refractivity contribution is 5.94. The first-order chi connectivity index (χ1) is 15.6. The summed E-state index contributed by atoms with van der Waals surface area (Å²) in [6.07, 6.45) is 22.7. The van der Waals surface area contributed by atoms with Crippen LogP contribution in [0.25, 0.3) is 0 Å². The molecule has 0 saturated heterocycles. The standard InChI is InChI=1S/C27H50O5/c1-4-6-7-8-9-10-11-12-13-14-15-16-17-18-19-20-22-31-27(30-21-5-2)24-32-26(29)23-25(3)28/h12-13,27H,4-11,14-24H2,1-3H3/b13-12-. The smallest absolute Gasteiger partial charge is 0.313 e. The number of rotatable bonds is 24. The molecule has 188 valence electrons. The summed E-state index contributed by atoms with van der Waals surface area (Å²) in [6, 6.07) is 0. The lowest BCUT2D eigenvalue weighted by Crippen LogP contribution is -2.26. The van der Waals surface area contributed by atoms with E-state index in [2.05, 4.69) is 19.1 Å². The Bertz CT molecular complexity index is 461. The summed E-state index contributed by atoms with van der Waals surface area (Å²) in [5, 5.41) is 0. The van der Waals surface area contributed by atoms with Crippen LogP contribution in [0.15, 0.2) is 12.2 Å². The lowest BCUT2D eigenvalue weighted by molar-refractivity contribution is -0.183. The number of ketones is 1. The van der Waals surface area contributed by atoms with Gasteiger partial charge in [-0.25, -0.2) is 0 Å². The fourth-order valence-electron chi connectivity index (χ4n) is 3.37. The van der Waals surface area contributed by atoms with Crippen LogP contribution in [0.3, 0.4) is 0 Å². The lowest BCUT2D eigenvalue weighted by atomic mass is 10.1. The number of hydrogen-bond acceptors (Lipinski definition) is 5. The van der Waals surface area contributed by atoms with Crippen molar-refractivity contribution in [3.05, 3.63) is 12.2 Å². The highest BCUT2D eigenvalue weighted by Crippen LogP contribution is 2.10. The number of allylic oxidation sites excluding steroid dienone is 2. The quantitative estimate of drug-likeness (QED) is 0.0503. The van der Waals surface area contributed by atoms with E-state index in [0.29, 0.717) is 13.2 Å². The van der Waals surface area contributed by atoms with Crippen LogP contribution in [0.4, 0.5) is 0 Å². The van der Waals surface area contributed by atoms with E-state index in [0.717, 1.165) is 19.3 Å². The van der Waals surface area contributed by atoms with Gasteiger partial charge in [0.15, 0.2) is 6.29 Å². The van der Waals surface area contributed by atoms with Gasteiger partial charge >= 0.3 is 5.97 Å². The van der Waals surface area contributed by atoms with Crippen molar-refractivity contribution in [3.63, 3.8) is 0 Å². The minimum atomic E-state index is -0.547. The highest BCUT2D eigenvalue weighted by atomic mass is 16.7. The van der Waals surface area contributed by atoms with Crippen LogP contribution in [-0.4, -0.2) is 37.9 Å². The molecule has 0 amide bonds. The molecule has 0 radical (unpaired) electrons. The molecule has 0 aromatic heterocycles. The topological polar surface area (TPSA) is 61.8 Å². The molecule has 32 heavy (non-hydrogen) atoms. The SMILES string of the molecule is CCCCCCCC/C=C\CCCCCCCCOC(COC(=O)CC(C)=O)OCCC. The summed E-state index contributed by atoms with van der Waals surface area (Å²) in [7, 11) is 0. The minimum Gasteiger partial charge on any atom is -0.460 e. The largest absolute Gasteiger partial charge is 0.460 e. The van der Waals surface area contributed by atoms with Gasteiger partial charge in [-0.15, -0.1) is 0 Å². The second-order valence-corrected chi connectivity index (χ2v) is 8.67. The fraction of sp³-hybridized carbons (Fsp3) is 0.852. The lowest BCUT2D eigenvalue weighted by Gasteiger charge is -2.18. The van der Waals surface area contributed by atoms with Crippen LogP contribution in [0.2, 0.25) is 0 Å². The predicted molar refractivity (Wildman–Crippen MR) is 132 cm³/mol. The highest BCUT2D eigenvalue weighted by Gasteiger charge is 2.14. The molecule has 1 atom stereocenters. The Balaban J connectivity index is 3.57. The van der Waals surface area contributed by atoms with E-state index in [-0.39, 0.29) is 18.8 Å². The summed E-state index contributed by atoms with van der Waals surface area (Å²) >= 11 is 0. The third-order valence-electron chi connectivity index (χ3n) is 5.24. The van der Waals surface area contributed by atoms with Gasteiger partial charge in [-0.1, -0.05) is 83.8 Å². The first-order valence-corrected chi connectivity index (χ1v) is 13.1. The summed E-state index contributed by atoms with van der Waals surface area (Å²) < 4.78 is 16.4. The monoisotopic (exact) mass is 454 g/mol. The molecule has 0 rings (SSSR count). The van der Waals surface area contributed by atoms with Gasteiger partial charge in [0.05, 0.1) is 0 Å². The van der Waals surface area contributed by atoms with E-state index in [1.165, 1.54) is 84.0 Å². The van der Waals surface area contributed by atoms with Crippen molar-refractivity contribution in [1.29, 1.82) is 0 Å². The number of hydrogen-bond donors (Lipinski definition) is 0. The summed E-state index contributed by atoms with van der Waals surface area (Å²) in [5.41, 5.74) is 0. The Hall–Kier alpha value is -1.20. The van der Waals surface area contributed by atoms with Gasteiger partial charge in [0, 0.05) is 13.2 Å². The third kappa shape index (κ3) is 23.5. The molecule has 5 nitrogen and oxygen atoms in total. The van der Waals surface area contributed by atoms with Gasteiger partial charge < -0.3 is 14.2 Å². The van der Waals surface area contributed by atoms with E-state index in [1.54, 1.807) is 0 Å². The number of carbonyl (C=O) groups is 2. The summed E-state index contributed by atoms with van der Waals surface area (Å²) in [5.74, 6) is -0.727. The molecule has 0 N–H and O–H groups in total. The van der Waals surface area contributed by atoms with E-state index < -0.39 is 12.3 Å². The average molecular weight is 455 g/mol. The maximum atomic E-state index is 11.5. The summed E-state index contributed by atoms with van der Waals surface area (Å²) in [6.45, 7) is 6.85. The van der Waals surface area contributed by atoms with Crippen LogP contribution in [0.1, 0.15) is 124 Å². The Labute approximate surface area is 197 Å². The van der Waals surface area contributed by atoms with Crippen molar-refractivity contribution in [2.75, 3.05) is 19.8 Å². The van der Waals surface area contributed by atoms with Crippen molar-refractivity contribution in [1.82, 2.24) is 0 Å². The van der Waals surface area contributed by atoms with Crippen LogP contribution in [0, 0.1) is 0 Å². The van der Waals surface area contributed by atoms with Gasteiger partial charge in [0.1, 0.15) is 18.8 Å². The molecular weight excluding hydrogens is 404 g/mol. The number of Topliss-reactive ketones (excluding diaryl/α,β-unsaturated/α-hetero) is 1. The molecule has 1 unspecified atom stereocenters. The van der Waals surface area contributed by atoms with Gasteiger partial charge in [0.25, 0.3) is 0 Å². The number of esters is 1. The van der Waals surface area contributed by atoms with E-state index in [9.17, 15) is 9.59 Å². The zero-order valence-corrected chi connectivity index (χ0v) is 21.2. The second-order valence-electron chi connectivity index (χ2n) is 8.67. The summed E-state index contributed by atoms with van der Waals surface area (Å²) in [4.78, 5) is 22.5. The molecule has 5 heteroatoms. The maximum Gasteiger partial charge on any atom is 0.313 e. The van der Waals surface area contributed by atoms with Crippen molar-refractivity contribution >= 4 is 11.8 Å². The molecule has 0 bridgehead atoms. The van der Waals surface area contributed by atoms with Crippen LogP contribution < -0.4 is 0 Å². The Morgan fingerprint density at radius 2 is 1.22 bits per heavy atom. The maximum absolute atomic E-state index is 11.5. The van der Waals surface area contributed by atoms with E-state index in [4.69, 9.17) is 14.2 Å². The Morgan fingerprint density at radius 3 is 1.78 bits per heavy atom. The third-order valence-corrected chi connectivity index (χ3v) is 5.24. The average Bonchev–Trinajstić information content (AvgIpc) is 2.76. The van der Waals surface area contributed by atoms with Gasteiger partial charge in [-0.2, -0.15) is 0 Å². The minimum absolute atomic E-state index is 0.0402. The Morgan fingerprint density at radius 1 is 0.688 bits per heavy atom. The van der Waals surface area contributed by atoms with Crippen LogP contribution in [0.5, 0.6) is 0 Å². The van der Waals surface area contributed by atoms with Gasteiger partial charge in [-0.3, -0.25) is 9.59 Å². The zero-order chi connectivity index (χ0) is 23.7. The van der Waals surface area contributed by atoms with E-state index in [1.807, 2.05) is 6.92 Å². The molecule has 0 saturated carbocycles. The molecule has 0 aromatic carbocycles. The molecule has 0 fully saturated rings. The molecule has 0 aliphatic carbocycles. The van der Waals surface area contributed by atoms with Crippen molar-refractivity contribution in [3.8, 4) is 0 Å². The van der Waals surface area contributed by atoms with Crippen molar-refractivity contribution < 1.29 is 23.8 Å². The number of carbonyl (C=O) groups excluding carboxylic acids is 2. The normalized spacial score (nSPS) is 12.3. The van der Waals surface area contributed by atoms with Crippen molar-refractivity contribution in [2.24, 2.45) is 0 Å². The Kier molecular flexibility index (Phi) is 23.5. The fourth-order valence-corrected chi connectivity index (χ4v) is 3.37. The number of unbranched alkanes of at least 4 members (excludes halogenated alkanes) is 12.